The normalized spacial score (nSPS) is 11.9. The van der Waals surface area contributed by atoms with Crippen LogP contribution in [-0.4, -0.2) is 40.2 Å². The number of hydrogen-bond acceptors (Lipinski definition) is 4. The van der Waals surface area contributed by atoms with Crippen molar-refractivity contribution >= 4 is 22.4 Å². The number of rotatable bonds is 6. The van der Waals surface area contributed by atoms with E-state index in [2.05, 4.69) is 15.6 Å². The highest BCUT2D eigenvalue weighted by Gasteiger charge is 2.09. The van der Waals surface area contributed by atoms with Crippen LogP contribution in [0.25, 0.3) is 0 Å². The Morgan fingerprint density at radius 2 is 2.29 bits per heavy atom. The summed E-state index contributed by atoms with van der Waals surface area (Å²) in [5.41, 5.74) is 1.23. The minimum absolute atomic E-state index is 0.176. The zero-order valence-corrected chi connectivity index (χ0v) is 10.8. The summed E-state index contributed by atoms with van der Waals surface area (Å²) in [6.07, 6.45) is 3.17. The molecule has 2 N–H and O–H groups in total. The Morgan fingerprint density at radius 3 is 2.94 bits per heavy atom. The van der Waals surface area contributed by atoms with E-state index in [0.29, 0.717) is 29.3 Å². The summed E-state index contributed by atoms with van der Waals surface area (Å²) in [4.78, 5) is 15.7. The molecular weight excluding hydrogens is 238 g/mol. The van der Waals surface area contributed by atoms with E-state index in [9.17, 15) is 9.00 Å². The zero-order valence-electron chi connectivity index (χ0n) is 10.0. The molecule has 1 aromatic rings. The van der Waals surface area contributed by atoms with Gasteiger partial charge in [0.1, 0.15) is 0 Å². The second kappa shape index (κ2) is 7.01. The maximum absolute atomic E-state index is 11.8. The molecule has 0 saturated heterocycles. The molecule has 0 fully saturated rings. The summed E-state index contributed by atoms with van der Waals surface area (Å²) >= 11 is 0. The molecule has 0 bridgehead atoms. The van der Waals surface area contributed by atoms with E-state index in [0.717, 1.165) is 0 Å². The van der Waals surface area contributed by atoms with Gasteiger partial charge in [-0.3, -0.25) is 14.0 Å². The van der Waals surface area contributed by atoms with Crippen molar-refractivity contribution in [1.82, 2.24) is 10.3 Å². The Morgan fingerprint density at radius 1 is 1.53 bits per heavy atom. The number of carbonyl (C=O) groups excluding carboxylic acids is 1. The average Bonchev–Trinajstić information content (AvgIpc) is 2.38. The van der Waals surface area contributed by atoms with Gasteiger partial charge in [0, 0.05) is 42.1 Å². The summed E-state index contributed by atoms with van der Waals surface area (Å²) in [6, 6.07) is 1.65. The molecule has 0 spiro atoms. The highest BCUT2D eigenvalue weighted by Crippen LogP contribution is 2.11. The van der Waals surface area contributed by atoms with Crippen molar-refractivity contribution < 1.29 is 9.00 Å². The molecule has 0 aliphatic carbocycles. The number of hydrogen-bond donors (Lipinski definition) is 2. The van der Waals surface area contributed by atoms with Crippen molar-refractivity contribution in [2.45, 2.75) is 6.92 Å². The highest BCUT2D eigenvalue weighted by molar-refractivity contribution is 7.84. The van der Waals surface area contributed by atoms with Crippen LogP contribution in [0, 0.1) is 0 Å². The van der Waals surface area contributed by atoms with Gasteiger partial charge in [-0.05, 0) is 6.07 Å². The monoisotopic (exact) mass is 255 g/mol. The third-order valence-electron chi connectivity index (χ3n) is 2.27. The summed E-state index contributed by atoms with van der Waals surface area (Å²) < 4.78 is 11.2. The molecule has 0 aliphatic heterocycles. The molecule has 1 atom stereocenters. The first-order chi connectivity index (χ1) is 8.19. The van der Waals surface area contributed by atoms with Crippen molar-refractivity contribution in [3.05, 3.63) is 24.0 Å². The van der Waals surface area contributed by atoms with Crippen LogP contribution in [0.5, 0.6) is 0 Å². The number of nitrogens with one attached hydrogen (secondary N) is 2. The van der Waals surface area contributed by atoms with Gasteiger partial charge in [0.25, 0.3) is 5.91 Å². The SMILES string of the molecule is CCS(=O)CCNC(=O)c1ccncc1NC. The number of nitrogens with zero attached hydrogens (tertiary/aromatic N) is 1. The summed E-state index contributed by atoms with van der Waals surface area (Å²) in [5, 5.41) is 5.64. The Bertz CT molecular complexity index is 409. The molecule has 5 nitrogen and oxygen atoms in total. The first-order valence-electron chi connectivity index (χ1n) is 5.44. The molecule has 6 heteroatoms. The lowest BCUT2D eigenvalue weighted by molar-refractivity contribution is 0.0957. The molecule has 0 radical (unpaired) electrons. The maximum Gasteiger partial charge on any atom is 0.253 e. The van der Waals surface area contributed by atoms with Gasteiger partial charge in [-0.15, -0.1) is 0 Å². The Hall–Kier alpha value is -1.43. The molecule has 17 heavy (non-hydrogen) atoms. The molecule has 1 rings (SSSR count). The van der Waals surface area contributed by atoms with Crippen LogP contribution in [0.4, 0.5) is 5.69 Å². The summed E-state index contributed by atoms with van der Waals surface area (Å²) in [5.74, 6) is 0.930. The van der Waals surface area contributed by atoms with Crippen molar-refractivity contribution in [3.8, 4) is 0 Å². The fourth-order valence-electron chi connectivity index (χ4n) is 1.31. The largest absolute Gasteiger partial charge is 0.386 e. The third kappa shape index (κ3) is 4.14. The summed E-state index contributed by atoms with van der Waals surface area (Å²) in [7, 11) is 0.886. The number of pyridine rings is 1. The second-order valence-electron chi connectivity index (χ2n) is 3.36. The van der Waals surface area contributed by atoms with Gasteiger partial charge in [0.2, 0.25) is 0 Å². The van der Waals surface area contributed by atoms with Gasteiger partial charge in [0.15, 0.2) is 0 Å². The van der Waals surface area contributed by atoms with E-state index < -0.39 is 10.8 Å². The van der Waals surface area contributed by atoms with Crippen molar-refractivity contribution in [1.29, 1.82) is 0 Å². The van der Waals surface area contributed by atoms with Crippen molar-refractivity contribution in [2.24, 2.45) is 0 Å². The lowest BCUT2D eigenvalue weighted by Crippen LogP contribution is -2.28. The van der Waals surface area contributed by atoms with Crippen LogP contribution in [0.15, 0.2) is 18.5 Å². The smallest absolute Gasteiger partial charge is 0.253 e. The molecule has 0 saturated carbocycles. The first-order valence-corrected chi connectivity index (χ1v) is 6.92. The van der Waals surface area contributed by atoms with Gasteiger partial charge >= 0.3 is 0 Å². The predicted octanol–water partition coefficient (Wildman–Crippen LogP) is 0.622. The van der Waals surface area contributed by atoms with Gasteiger partial charge in [-0.1, -0.05) is 6.92 Å². The quantitative estimate of drug-likeness (QED) is 0.782. The fourth-order valence-corrected chi connectivity index (χ4v) is 1.93. The second-order valence-corrected chi connectivity index (χ2v) is 5.23. The lowest BCUT2D eigenvalue weighted by Gasteiger charge is -2.08. The van der Waals surface area contributed by atoms with Crippen molar-refractivity contribution in [2.75, 3.05) is 30.4 Å². The molecule has 1 heterocycles. The molecule has 0 aromatic carbocycles. The molecule has 1 amide bonds. The number of amides is 1. The van der Waals surface area contributed by atoms with Crippen LogP contribution in [0.2, 0.25) is 0 Å². The van der Waals surface area contributed by atoms with Crippen molar-refractivity contribution in [3.63, 3.8) is 0 Å². The third-order valence-corrected chi connectivity index (χ3v) is 3.58. The van der Waals surface area contributed by atoms with Gasteiger partial charge in [0.05, 0.1) is 17.4 Å². The number of aromatic nitrogens is 1. The fraction of sp³-hybridized carbons (Fsp3) is 0.455. The van der Waals surface area contributed by atoms with E-state index in [1.165, 1.54) is 0 Å². The molecule has 1 aromatic heterocycles. The van der Waals surface area contributed by atoms with E-state index in [4.69, 9.17) is 0 Å². The lowest BCUT2D eigenvalue weighted by atomic mass is 10.2. The van der Waals surface area contributed by atoms with Crippen LogP contribution >= 0.6 is 0 Å². The highest BCUT2D eigenvalue weighted by atomic mass is 32.2. The van der Waals surface area contributed by atoms with Gasteiger partial charge in [-0.25, -0.2) is 0 Å². The van der Waals surface area contributed by atoms with E-state index in [1.807, 2.05) is 6.92 Å². The topological polar surface area (TPSA) is 71.1 Å². The van der Waals surface area contributed by atoms with Gasteiger partial charge in [-0.2, -0.15) is 0 Å². The van der Waals surface area contributed by atoms with E-state index >= 15 is 0 Å². The molecule has 94 valence electrons. The predicted molar refractivity (Wildman–Crippen MR) is 69.7 cm³/mol. The van der Waals surface area contributed by atoms with Crippen LogP contribution in [0.3, 0.4) is 0 Å². The Balaban J connectivity index is 2.55. The minimum atomic E-state index is -0.850. The molecular formula is C11H17N3O2S. The van der Waals surface area contributed by atoms with E-state index in [-0.39, 0.29) is 5.91 Å². The standard InChI is InChI=1S/C11H17N3O2S/c1-3-17(16)7-6-14-11(15)9-4-5-13-8-10(9)12-2/h4-5,8,12H,3,6-7H2,1-2H3,(H,14,15). The Kier molecular flexibility index (Phi) is 5.62. The number of anilines is 1. The molecule has 1 unspecified atom stereocenters. The van der Waals surface area contributed by atoms with Crippen LogP contribution in [-0.2, 0) is 10.8 Å². The minimum Gasteiger partial charge on any atom is -0.386 e. The van der Waals surface area contributed by atoms with Crippen LogP contribution in [0.1, 0.15) is 17.3 Å². The number of carbonyl (C=O) groups is 1. The summed E-state index contributed by atoms with van der Waals surface area (Å²) in [6.45, 7) is 2.28. The van der Waals surface area contributed by atoms with E-state index in [1.54, 1.807) is 25.5 Å². The van der Waals surface area contributed by atoms with Gasteiger partial charge < -0.3 is 10.6 Å². The Labute approximate surface area is 103 Å². The average molecular weight is 255 g/mol. The zero-order chi connectivity index (χ0) is 12.7. The first kappa shape index (κ1) is 13.6. The van der Waals surface area contributed by atoms with Crippen LogP contribution < -0.4 is 10.6 Å². The molecule has 0 aliphatic rings. The maximum atomic E-state index is 11.8.